The van der Waals surface area contributed by atoms with Gasteiger partial charge < -0.3 is 8.98 Å². The minimum atomic E-state index is 0.782. The zero-order chi connectivity index (χ0) is 23.9. The molecule has 0 aliphatic rings. The third-order valence-corrected chi connectivity index (χ3v) is 6.35. The maximum atomic E-state index is 6.52. The molecule has 0 spiro atoms. The Labute approximate surface area is 206 Å². The van der Waals surface area contributed by atoms with Crippen molar-refractivity contribution in [2.75, 3.05) is 0 Å². The van der Waals surface area contributed by atoms with Crippen LogP contribution in [-0.2, 0) is 0 Å². The van der Waals surface area contributed by atoms with Crippen LogP contribution in [0.25, 0.3) is 50.0 Å². The Hall–Kier alpha value is -5.10. The van der Waals surface area contributed by atoms with Crippen molar-refractivity contribution in [2.45, 2.75) is 0 Å². The van der Waals surface area contributed by atoms with Gasteiger partial charge in [0.25, 0.3) is 0 Å². The van der Waals surface area contributed by atoms with E-state index in [0.29, 0.717) is 0 Å². The predicted molar refractivity (Wildman–Crippen MR) is 142 cm³/mol. The van der Waals surface area contributed by atoms with Crippen molar-refractivity contribution in [3.05, 3.63) is 128 Å². The summed E-state index contributed by atoms with van der Waals surface area (Å²) in [4.78, 5) is 0. The summed E-state index contributed by atoms with van der Waals surface area (Å²) in [6.07, 6.45) is 7.48. The van der Waals surface area contributed by atoms with Crippen molar-refractivity contribution in [1.29, 1.82) is 0 Å². The molecule has 7 rings (SSSR count). The van der Waals surface area contributed by atoms with Crippen LogP contribution in [0.15, 0.2) is 132 Å². The molecule has 0 unspecified atom stereocenters. The van der Waals surface area contributed by atoms with Crippen LogP contribution in [0.1, 0.15) is 0 Å². The lowest BCUT2D eigenvalue weighted by Gasteiger charge is -2.16. The van der Waals surface area contributed by atoms with Crippen LogP contribution in [0.4, 0.5) is 0 Å². The number of aromatic nitrogens is 5. The number of para-hydroxylation sites is 3. The number of fused-ring (bicyclic) bond motifs is 4. The van der Waals surface area contributed by atoms with Crippen molar-refractivity contribution in [1.82, 2.24) is 24.1 Å². The quantitative estimate of drug-likeness (QED) is 0.280. The van der Waals surface area contributed by atoms with Gasteiger partial charge in [-0.2, -0.15) is 10.2 Å². The fraction of sp³-hybridized carbons (Fsp3) is 0. The lowest BCUT2D eigenvalue weighted by Crippen LogP contribution is -2.02. The molecular formula is C30H21N5O. The smallest absolute Gasteiger partial charge is 0.151 e. The third-order valence-electron chi connectivity index (χ3n) is 6.35. The molecule has 0 saturated heterocycles. The van der Waals surface area contributed by atoms with E-state index in [1.807, 2.05) is 70.3 Å². The Morgan fingerprint density at radius 1 is 0.500 bits per heavy atom. The maximum absolute atomic E-state index is 6.52. The van der Waals surface area contributed by atoms with Crippen LogP contribution in [0.2, 0.25) is 0 Å². The normalized spacial score (nSPS) is 11.3. The second-order valence-corrected chi connectivity index (χ2v) is 8.52. The molecule has 0 saturated carbocycles. The molecule has 0 aliphatic heterocycles. The average molecular weight is 468 g/mol. The molecule has 4 aromatic carbocycles. The Balaban J connectivity index is 1.69. The lowest BCUT2D eigenvalue weighted by atomic mass is 10.1. The van der Waals surface area contributed by atoms with Gasteiger partial charge >= 0.3 is 0 Å². The largest absolute Gasteiger partial charge is 0.455 e. The van der Waals surface area contributed by atoms with E-state index in [1.165, 1.54) is 0 Å². The van der Waals surface area contributed by atoms with Gasteiger partial charge in [-0.3, -0.25) is 0 Å². The molecule has 7 aromatic rings. The van der Waals surface area contributed by atoms with Crippen molar-refractivity contribution in [3.8, 4) is 17.1 Å². The fourth-order valence-corrected chi connectivity index (χ4v) is 4.73. The Morgan fingerprint density at radius 2 is 1.19 bits per heavy atom. The highest BCUT2D eigenvalue weighted by molar-refractivity contribution is 6.05. The number of benzene rings is 4. The van der Waals surface area contributed by atoms with E-state index in [0.717, 1.165) is 50.0 Å². The minimum Gasteiger partial charge on any atom is -0.455 e. The summed E-state index contributed by atoms with van der Waals surface area (Å²) in [6, 6.07) is 35.0. The van der Waals surface area contributed by atoms with Gasteiger partial charge in [0, 0.05) is 41.2 Å². The number of hydrogen-bond acceptors (Lipinski definition) is 3. The predicted octanol–water partition coefficient (Wildman–Crippen LogP) is 7.03. The zero-order valence-electron chi connectivity index (χ0n) is 19.3. The van der Waals surface area contributed by atoms with Crippen LogP contribution in [-0.4, -0.2) is 24.1 Å². The first-order valence-corrected chi connectivity index (χ1v) is 11.8. The minimum absolute atomic E-state index is 0.782. The summed E-state index contributed by atoms with van der Waals surface area (Å²) in [5.41, 5.74) is 6.53. The van der Waals surface area contributed by atoms with Crippen LogP contribution >= 0.6 is 0 Å². The maximum Gasteiger partial charge on any atom is 0.151 e. The number of rotatable bonds is 3. The lowest BCUT2D eigenvalue weighted by molar-refractivity contribution is 0.660. The fourth-order valence-electron chi connectivity index (χ4n) is 4.73. The molecule has 6 heteroatoms. The summed E-state index contributed by atoms with van der Waals surface area (Å²) in [5.74, 6) is 0. The molecule has 0 aliphatic carbocycles. The molecule has 36 heavy (non-hydrogen) atoms. The van der Waals surface area contributed by atoms with Crippen molar-refractivity contribution in [2.24, 2.45) is 0 Å². The van der Waals surface area contributed by atoms with Crippen LogP contribution < -0.4 is 0 Å². The molecule has 172 valence electrons. The summed E-state index contributed by atoms with van der Waals surface area (Å²) < 4.78 is 12.5. The van der Waals surface area contributed by atoms with Gasteiger partial charge in [-0.25, -0.2) is 9.36 Å². The molecule has 0 bridgehead atoms. The van der Waals surface area contributed by atoms with Gasteiger partial charge in [-0.15, -0.1) is 0 Å². The molecule has 0 atom stereocenters. The first-order chi connectivity index (χ1) is 17.8. The van der Waals surface area contributed by atoms with Crippen molar-refractivity contribution < 1.29 is 4.42 Å². The monoisotopic (exact) mass is 467 g/mol. The average Bonchev–Trinajstić information content (AvgIpc) is 3.65. The van der Waals surface area contributed by atoms with Crippen molar-refractivity contribution >= 4 is 33.0 Å². The van der Waals surface area contributed by atoms with E-state index in [-0.39, 0.29) is 0 Å². The topological polar surface area (TPSA) is 53.7 Å². The van der Waals surface area contributed by atoms with Crippen LogP contribution in [0.3, 0.4) is 0 Å². The summed E-state index contributed by atoms with van der Waals surface area (Å²) in [6.45, 7) is 0. The van der Waals surface area contributed by atoms with Crippen molar-refractivity contribution in [3.63, 3.8) is 0 Å². The number of nitrogens with zero attached hydrogens (tertiary/aromatic N) is 5. The number of hydrogen-bond donors (Lipinski definition) is 0. The third kappa shape index (κ3) is 3.35. The molecule has 3 aromatic heterocycles. The highest BCUT2D eigenvalue weighted by atomic mass is 16.3. The van der Waals surface area contributed by atoms with E-state index in [2.05, 4.69) is 69.4 Å². The molecule has 0 N–H and O–H groups in total. The van der Waals surface area contributed by atoms with E-state index < -0.39 is 0 Å². The van der Waals surface area contributed by atoms with Gasteiger partial charge in [0.2, 0.25) is 0 Å². The summed E-state index contributed by atoms with van der Waals surface area (Å²) in [5, 5.41) is 11.0. The highest BCUT2D eigenvalue weighted by Crippen LogP contribution is 2.31. The van der Waals surface area contributed by atoms with Gasteiger partial charge in [0.1, 0.15) is 5.58 Å². The zero-order valence-corrected chi connectivity index (χ0v) is 19.3. The van der Waals surface area contributed by atoms with Crippen LogP contribution in [0, 0.1) is 0 Å². The Morgan fingerprint density at radius 3 is 1.97 bits per heavy atom. The van der Waals surface area contributed by atoms with E-state index in [1.54, 1.807) is 12.4 Å². The highest BCUT2D eigenvalue weighted by Gasteiger charge is 2.12. The van der Waals surface area contributed by atoms with Gasteiger partial charge in [-0.05, 0) is 66.7 Å². The second kappa shape index (κ2) is 8.29. The van der Waals surface area contributed by atoms with Crippen LogP contribution in [0.5, 0.6) is 0 Å². The molecule has 3 heterocycles. The standard InChI is InChI=1S/C30H21N5O/c1-3-12-29-26(10-1)25-15-14-23(34-19-7-17-32-34)21-28(25)35(27-11-2-4-13-30(27)36-29)24-9-5-8-22(20-24)33-18-6-16-31-33/h1-21H. The Bertz CT molecular complexity index is 1890. The SMILES string of the molecule is c1cc(-n2cccn2)cc(-n2c3ccccc3oc3ccccc3c3ccc(-n4cccn4)cc32)c1. The second-order valence-electron chi connectivity index (χ2n) is 8.52. The summed E-state index contributed by atoms with van der Waals surface area (Å²) >= 11 is 0. The molecule has 0 amide bonds. The Kier molecular flexibility index (Phi) is 4.67. The first-order valence-electron chi connectivity index (χ1n) is 11.8. The molecule has 6 nitrogen and oxygen atoms in total. The summed E-state index contributed by atoms with van der Waals surface area (Å²) in [7, 11) is 0. The van der Waals surface area contributed by atoms with E-state index in [4.69, 9.17) is 4.42 Å². The first kappa shape index (κ1) is 20.3. The van der Waals surface area contributed by atoms with E-state index in [9.17, 15) is 0 Å². The van der Waals surface area contributed by atoms with Gasteiger partial charge in [-0.1, -0.05) is 36.4 Å². The molecule has 0 radical (unpaired) electrons. The van der Waals surface area contributed by atoms with Gasteiger partial charge in [0.15, 0.2) is 5.58 Å². The molecule has 0 fully saturated rings. The van der Waals surface area contributed by atoms with E-state index >= 15 is 0 Å². The molecular weight excluding hydrogens is 446 g/mol. The van der Waals surface area contributed by atoms with Gasteiger partial charge in [0.05, 0.1) is 22.4 Å².